The highest BCUT2D eigenvalue weighted by atomic mass is 16.2. The van der Waals surface area contributed by atoms with Crippen molar-refractivity contribution >= 4 is 11.8 Å². The highest BCUT2D eigenvalue weighted by Gasteiger charge is 2.34. The first kappa shape index (κ1) is 16.9. The summed E-state index contributed by atoms with van der Waals surface area (Å²) >= 11 is 0. The molecular weight excluding hydrogens is 314 g/mol. The molecule has 0 spiro atoms. The van der Waals surface area contributed by atoms with Crippen molar-refractivity contribution < 1.29 is 9.59 Å². The second-order valence-electron chi connectivity index (χ2n) is 6.00. The number of hydrogen-bond donors (Lipinski definition) is 1. The summed E-state index contributed by atoms with van der Waals surface area (Å²) in [6.07, 6.45) is 1.65. The molecule has 3 rings (SSSR count). The lowest BCUT2D eigenvalue weighted by Gasteiger charge is -2.13. The fourth-order valence-corrected chi connectivity index (χ4v) is 2.89. The quantitative estimate of drug-likeness (QED) is 0.624. The van der Waals surface area contributed by atoms with E-state index in [2.05, 4.69) is 11.4 Å². The average Bonchev–Trinajstić information content (AvgIpc) is 2.90. The zero-order valence-electron chi connectivity index (χ0n) is 13.9. The third-order valence-electron chi connectivity index (χ3n) is 4.28. The smallest absolute Gasteiger partial charge is 0.261 e. The SMILES string of the molecule is N#Cc1ccc(CNCCCCN2C(=O)c3ccccc3C2=O)cc1. The van der Waals surface area contributed by atoms with Crippen LogP contribution in [0.25, 0.3) is 0 Å². The van der Waals surface area contributed by atoms with E-state index in [9.17, 15) is 9.59 Å². The Labute approximate surface area is 146 Å². The van der Waals surface area contributed by atoms with Crippen LogP contribution in [0.4, 0.5) is 0 Å². The predicted molar refractivity (Wildman–Crippen MR) is 93.9 cm³/mol. The molecule has 25 heavy (non-hydrogen) atoms. The fraction of sp³-hybridized carbons (Fsp3) is 0.250. The van der Waals surface area contributed by atoms with E-state index in [-0.39, 0.29) is 11.8 Å². The molecule has 1 N–H and O–H groups in total. The monoisotopic (exact) mass is 333 g/mol. The van der Waals surface area contributed by atoms with Crippen molar-refractivity contribution in [1.29, 1.82) is 5.26 Å². The minimum absolute atomic E-state index is 0.189. The molecule has 0 aliphatic carbocycles. The summed E-state index contributed by atoms with van der Waals surface area (Å²) in [5.74, 6) is -0.378. The van der Waals surface area contributed by atoms with Crippen molar-refractivity contribution in [2.45, 2.75) is 19.4 Å². The molecule has 0 fully saturated rings. The van der Waals surface area contributed by atoms with Gasteiger partial charge in [0, 0.05) is 13.1 Å². The first-order valence-electron chi connectivity index (χ1n) is 8.35. The number of amides is 2. The van der Waals surface area contributed by atoms with Crippen LogP contribution in [0.5, 0.6) is 0 Å². The zero-order valence-corrected chi connectivity index (χ0v) is 13.9. The van der Waals surface area contributed by atoms with E-state index in [1.165, 1.54) is 4.90 Å². The first-order chi connectivity index (χ1) is 12.2. The van der Waals surface area contributed by atoms with E-state index in [0.717, 1.165) is 31.5 Å². The lowest BCUT2D eigenvalue weighted by Crippen LogP contribution is -2.31. The molecule has 5 nitrogen and oxygen atoms in total. The number of carbonyl (C=O) groups is 2. The summed E-state index contributed by atoms with van der Waals surface area (Å²) in [5, 5.41) is 12.1. The van der Waals surface area contributed by atoms with Crippen molar-refractivity contribution in [2.24, 2.45) is 0 Å². The zero-order chi connectivity index (χ0) is 17.6. The summed E-state index contributed by atoms with van der Waals surface area (Å²) in [6, 6.07) is 16.5. The third kappa shape index (κ3) is 3.76. The molecule has 1 heterocycles. The topological polar surface area (TPSA) is 73.2 Å². The van der Waals surface area contributed by atoms with Crippen molar-refractivity contribution in [2.75, 3.05) is 13.1 Å². The van der Waals surface area contributed by atoms with Crippen LogP contribution in [0.15, 0.2) is 48.5 Å². The molecular formula is C20H19N3O2. The molecule has 2 aromatic carbocycles. The van der Waals surface area contributed by atoms with E-state index in [0.29, 0.717) is 23.2 Å². The summed E-state index contributed by atoms with van der Waals surface area (Å²) < 4.78 is 0. The van der Waals surface area contributed by atoms with Gasteiger partial charge in [0.25, 0.3) is 11.8 Å². The fourth-order valence-electron chi connectivity index (χ4n) is 2.89. The maximum absolute atomic E-state index is 12.2. The Morgan fingerprint density at radius 1 is 0.920 bits per heavy atom. The number of nitrogens with zero attached hydrogens (tertiary/aromatic N) is 2. The van der Waals surface area contributed by atoms with E-state index >= 15 is 0 Å². The van der Waals surface area contributed by atoms with Crippen LogP contribution >= 0.6 is 0 Å². The van der Waals surface area contributed by atoms with E-state index in [1.54, 1.807) is 36.4 Å². The summed E-state index contributed by atoms with van der Waals surface area (Å²) in [4.78, 5) is 25.8. The van der Waals surface area contributed by atoms with Crippen molar-refractivity contribution in [3.63, 3.8) is 0 Å². The van der Waals surface area contributed by atoms with Crippen molar-refractivity contribution in [1.82, 2.24) is 10.2 Å². The van der Waals surface area contributed by atoms with Gasteiger partial charge in [-0.1, -0.05) is 24.3 Å². The molecule has 1 aliphatic heterocycles. The van der Waals surface area contributed by atoms with E-state index in [4.69, 9.17) is 5.26 Å². The Hall–Kier alpha value is -2.97. The largest absolute Gasteiger partial charge is 0.313 e. The molecule has 126 valence electrons. The maximum Gasteiger partial charge on any atom is 0.261 e. The maximum atomic E-state index is 12.2. The molecule has 2 amide bonds. The first-order valence-corrected chi connectivity index (χ1v) is 8.35. The number of unbranched alkanes of at least 4 members (excludes halogenated alkanes) is 1. The van der Waals surface area contributed by atoms with Crippen molar-refractivity contribution in [3.8, 4) is 6.07 Å². The number of nitriles is 1. The van der Waals surface area contributed by atoms with Crippen LogP contribution < -0.4 is 5.32 Å². The number of carbonyl (C=O) groups excluding carboxylic acids is 2. The summed E-state index contributed by atoms with van der Waals surface area (Å²) in [7, 11) is 0. The number of fused-ring (bicyclic) bond motifs is 1. The van der Waals surface area contributed by atoms with E-state index < -0.39 is 0 Å². The minimum atomic E-state index is -0.189. The van der Waals surface area contributed by atoms with Gasteiger partial charge in [0.2, 0.25) is 0 Å². The summed E-state index contributed by atoms with van der Waals surface area (Å²) in [5.41, 5.74) is 2.79. The molecule has 5 heteroatoms. The van der Waals surface area contributed by atoms with Crippen LogP contribution in [0.2, 0.25) is 0 Å². The van der Waals surface area contributed by atoms with Gasteiger partial charge in [-0.3, -0.25) is 14.5 Å². The van der Waals surface area contributed by atoms with Crippen molar-refractivity contribution in [3.05, 3.63) is 70.8 Å². The minimum Gasteiger partial charge on any atom is -0.313 e. The molecule has 0 bridgehead atoms. The number of imide groups is 1. The summed E-state index contributed by atoms with van der Waals surface area (Å²) in [6.45, 7) is 1.99. The van der Waals surface area contributed by atoms with Crippen LogP contribution in [-0.4, -0.2) is 29.8 Å². The standard InChI is InChI=1S/C20H19N3O2/c21-13-15-7-9-16(10-8-15)14-22-11-3-4-12-23-19(24)17-5-1-2-6-18(17)20(23)25/h1-2,5-10,22H,3-4,11-12,14H2. The Bertz CT molecular complexity index is 787. The molecule has 0 saturated carbocycles. The van der Waals surface area contributed by atoms with Gasteiger partial charge < -0.3 is 5.32 Å². The van der Waals surface area contributed by atoms with Gasteiger partial charge in [-0.15, -0.1) is 0 Å². The van der Waals surface area contributed by atoms with Gasteiger partial charge in [0.05, 0.1) is 22.8 Å². The molecule has 0 radical (unpaired) electrons. The average molecular weight is 333 g/mol. The predicted octanol–water partition coefficient (Wildman–Crippen LogP) is 2.72. The van der Waals surface area contributed by atoms with Gasteiger partial charge in [0.15, 0.2) is 0 Å². The highest BCUT2D eigenvalue weighted by Crippen LogP contribution is 2.22. The lowest BCUT2D eigenvalue weighted by molar-refractivity contribution is 0.0651. The number of nitrogens with one attached hydrogen (secondary N) is 1. The van der Waals surface area contributed by atoms with Gasteiger partial charge in [-0.2, -0.15) is 5.26 Å². The Kier molecular flexibility index (Phi) is 5.22. The molecule has 0 atom stereocenters. The van der Waals surface area contributed by atoms with Gasteiger partial charge in [-0.05, 0) is 49.2 Å². The number of rotatable bonds is 7. The van der Waals surface area contributed by atoms with Gasteiger partial charge >= 0.3 is 0 Å². The Morgan fingerprint density at radius 3 is 2.16 bits per heavy atom. The lowest BCUT2D eigenvalue weighted by atomic mass is 10.1. The normalized spacial score (nSPS) is 13.0. The van der Waals surface area contributed by atoms with Gasteiger partial charge in [-0.25, -0.2) is 0 Å². The number of hydrogen-bond acceptors (Lipinski definition) is 4. The molecule has 0 unspecified atom stereocenters. The van der Waals surface area contributed by atoms with E-state index in [1.807, 2.05) is 12.1 Å². The molecule has 0 aromatic heterocycles. The Morgan fingerprint density at radius 2 is 1.56 bits per heavy atom. The Balaban J connectivity index is 1.39. The molecule has 2 aromatic rings. The highest BCUT2D eigenvalue weighted by molar-refractivity contribution is 6.21. The van der Waals surface area contributed by atoms with Gasteiger partial charge in [0.1, 0.15) is 0 Å². The second-order valence-corrected chi connectivity index (χ2v) is 6.00. The van der Waals surface area contributed by atoms with Crippen LogP contribution in [0, 0.1) is 11.3 Å². The van der Waals surface area contributed by atoms with Crippen LogP contribution in [0.3, 0.4) is 0 Å². The third-order valence-corrected chi connectivity index (χ3v) is 4.28. The van der Waals surface area contributed by atoms with Crippen LogP contribution in [0.1, 0.15) is 44.7 Å². The number of benzene rings is 2. The second kappa shape index (κ2) is 7.73. The molecule has 1 aliphatic rings. The van der Waals surface area contributed by atoms with Crippen LogP contribution in [-0.2, 0) is 6.54 Å². The molecule has 0 saturated heterocycles.